The van der Waals surface area contributed by atoms with Crippen molar-refractivity contribution in [3.63, 3.8) is 0 Å². The van der Waals surface area contributed by atoms with E-state index in [9.17, 15) is 0 Å². The average molecular weight is 1020 g/mol. The molecule has 0 radical (unpaired) electrons. The fourth-order valence-corrected chi connectivity index (χ4v) is 23.2. The Bertz CT molecular complexity index is 4540. The molecule has 0 aliphatic carbocycles. The van der Waals surface area contributed by atoms with E-state index in [2.05, 4.69) is 312 Å². The molecule has 0 fully saturated rings. The Balaban J connectivity index is 0.976. The summed E-state index contributed by atoms with van der Waals surface area (Å²) in [6.07, 6.45) is 0. The lowest BCUT2D eigenvalue weighted by molar-refractivity contribution is 0.671. The van der Waals surface area contributed by atoms with Gasteiger partial charge in [-0.2, -0.15) is 0 Å². The molecule has 0 spiro atoms. The maximum atomic E-state index is 7.05. The Morgan fingerprint density at radius 3 is 1.29 bits per heavy atom. The van der Waals surface area contributed by atoms with Gasteiger partial charge in [0.15, 0.2) is 16.1 Å². The van der Waals surface area contributed by atoms with Crippen LogP contribution >= 0.6 is 0 Å². The van der Waals surface area contributed by atoms with Gasteiger partial charge in [-0.25, -0.2) is 0 Å². The van der Waals surface area contributed by atoms with Crippen LogP contribution in [0.1, 0.15) is 0 Å². The van der Waals surface area contributed by atoms with Gasteiger partial charge < -0.3 is 13.6 Å². The molecule has 0 N–H and O–H groups in total. The highest BCUT2D eigenvalue weighted by Crippen LogP contribution is 2.38. The fourth-order valence-electron chi connectivity index (χ4n) is 13.3. The van der Waals surface area contributed by atoms with Crippen LogP contribution in [-0.4, -0.2) is 25.3 Å². The molecular weight excluding hydrogens is 965 g/mol. The third-order valence-electron chi connectivity index (χ3n) is 16.4. The van der Waals surface area contributed by atoms with Gasteiger partial charge >= 0.3 is 0 Å². The predicted molar refractivity (Wildman–Crippen MR) is 330 cm³/mol. The first-order valence-corrected chi connectivity index (χ1v) is 30.6. The molecule has 15 rings (SSSR count). The number of furan rings is 1. The molecule has 0 atom stereocenters. The SMILES string of the molecule is c1ccc([Si](c2ccccc2)(c2ccccc2)c2cccc(-n3c4ccccc4c4cc(-n5c6ccccc6c6c([Si](c7ccccc7)(c7ccccc7)c7cccc8c7oc7ccccc78)cccc65)ccc43)c2)cc1. The predicted octanol–water partition coefficient (Wildman–Crippen LogP) is 12.5. The summed E-state index contributed by atoms with van der Waals surface area (Å²) in [6, 6.07) is 113. The van der Waals surface area contributed by atoms with Crippen molar-refractivity contribution in [2.75, 3.05) is 0 Å². The zero-order valence-corrected chi connectivity index (χ0v) is 44.2. The molecule has 0 aliphatic heterocycles. The summed E-state index contributed by atoms with van der Waals surface area (Å²) in [7, 11) is -6.00. The molecule has 77 heavy (non-hydrogen) atoms. The van der Waals surface area contributed by atoms with Gasteiger partial charge in [-0.1, -0.05) is 249 Å². The van der Waals surface area contributed by atoms with Crippen molar-refractivity contribution in [2.24, 2.45) is 0 Å². The van der Waals surface area contributed by atoms with Crippen molar-refractivity contribution in [2.45, 2.75) is 0 Å². The highest BCUT2D eigenvalue weighted by Gasteiger charge is 2.46. The lowest BCUT2D eigenvalue weighted by Crippen LogP contribution is -2.75. The second-order valence-corrected chi connectivity index (χ2v) is 27.8. The molecule has 3 heterocycles. The van der Waals surface area contributed by atoms with Crippen LogP contribution in [0.25, 0.3) is 76.9 Å². The molecule has 3 nitrogen and oxygen atoms in total. The Hall–Kier alpha value is -9.53. The van der Waals surface area contributed by atoms with Crippen LogP contribution in [0.5, 0.6) is 0 Å². The highest BCUT2D eigenvalue weighted by atomic mass is 28.3. The van der Waals surface area contributed by atoms with Crippen molar-refractivity contribution in [3.8, 4) is 11.4 Å². The lowest BCUT2D eigenvalue weighted by Gasteiger charge is -2.35. The van der Waals surface area contributed by atoms with Gasteiger partial charge in [0.1, 0.15) is 11.2 Å². The van der Waals surface area contributed by atoms with E-state index in [4.69, 9.17) is 4.42 Å². The van der Waals surface area contributed by atoms with E-state index in [1.165, 1.54) is 85.1 Å². The minimum absolute atomic E-state index is 0.903. The first-order chi connectivity index (χ1) is 38.2. The number of para-hydroxylation sites is 4. The van der Waals surface area contributed by atoms with Crippen LogP contribution < -0.4 is 41.5 Å². The first kappa shape index (κ1) is 44.9. The zero-order chi connectivity index (χ0) is 50.9. The van der Waals surface area contributed by atoms with Crippen LogP contribution in [0.4, 0.5) is 0 Å². The zero-order valence-electron chi connectivity index (χ0n) is 42.2. The number of fused-ring (bicyclic) bond motifs is 9. The molecule has 12 aromatic carbocycles. The molecule has 0 bridgehead atoms. The summed E-state index contributed by atoms with van der Waals surface area (Å²) in [5.74, 6) is 0. The van der Waals surface area contributed by atoms with Gasteiger partial charge in [0.05, 0.1) is 22.1 Å². The van der Waals surface area contributed by atoms with E-state index in [1.54, 1.807) is 0 Å². The van der Waals surface area contributed by atoms with E-state index < -0.39 is 16.1 Å². The van der Waals surface area contributed by atoms with Gasteiger partial charge in [0.25, 0.3) is 0 Å². The summed E-state index contributed by atoms with van der Waals surface area (Å²) in [4.78, 5) is 0. The topological polar surface area (TPSA) is 23.0 Å². The van der Waals surface area contributed by atoms with Gasteiger partial charge in [0.2, 0.25) is 0 Å². The van der Waals surface area contributed by atoms with Crippen molar-refractivity contribution in [1.82, 2.24) is 9.13 Å². The summed E-state index contributed by atoms with van der Waals surface area (Å²) in [5, 5.41) is 17.8. The van der Waals surface area contributed by atoms with Gasteiger partial charge in [-0.05, 0) is 96.1 Å². The van der Waals surface area contributed by atoms with E-state index in [-0.39, 0.29) is 0 Å². The van der Waals surface area contributed by atoms with Crippen LogP contribution in [0.3, 0.4) is 0 Å². The van der Waals surface area contributed by atoms with E-state index in [1.807, 2.05) is 0 Å². The molecule has 0 saturated carbocycles. The smallest absolute Gasteiger partial charge is 0.184 e. The Morgan fingerprint density at radius 1 is 0.247 bits per heavy atom. The summed E-state index contributed by atoms with van der Waals surface area (Å²) in [6.45, 7) is 0. The standard InChI is InChI=1S/C72H50N2OSi2/c1-6-26-53(27-7-1)76(54-28-8-2-9-29-54,55-30-10-3-11-31-55)58-36-22-25-51(49-58)73-64-41-19-16-37-59(64)63-50-52(47-48-66(63)73)74-65-42-20-17-39-62(65)71-67(74)43-24-45-69(71)77(56-32-12-4-13-33-56,57-34-14-5-15-35-57)70-46-23-40-61-60-38-18-21-44-68(60)75-72(61)70/h1-50H. The second kappa shape index (κ2) is 18.1. The molecule has 15 aromatic rings. The Morgan fingerprint density at radius 2 is 0.662 bits per heavy atom. The van der Waals surface area contributed by atoms with Crippen molar-refractivity contribution >= 4 is 123 Å². The average Bonchev–Trinajstić information content (AvgIpc) is 4.38. The molecule has 0 saturated heterocycles. The van der Waals surface area contributed by atoms with E-state index in [0.717, 1.165) is 33.3 Å². The van der Waals surface area contributed by atoms with Crippen LogP contribution in [0, 0.1) is 0 Å². The third kappa shape index (κ3) is 6.74. The number of nitrogens with zero attached hydrogens (tertiary/aromatic N) is 2. The quantitative estimate of drug-likeness (QED) is 0.0989. The minimum atomic E-state index is -3.20. The maximum Gasteiger partial charge on any atom is 0.184 e. The molecule has 3 aromatic heterocycles. The van der Waals surface area contributed by atoms with Crippen LogP contribution in [0.15, 0.2) is 308 Å². The number of hydrogen-bond acceptors (Lipinski definition) is 1. The largest absolute Gasteiger partial charge is 0.456 e. The molecule has 0 unspecified atom stereocenters. The number of rotatable bonds is 10. The molecule has 5 heteroatoms. The normalized spacial score (nSPS) is 12.2. The van der Waals surface area contributed by atoms with Crippen molar-refractivity contribution in [3.05, 3.63) is 303 Å². The Kier molecular flexibility index (Phi) is 10.6. The van der Waals surface area contributed by atoms with Crippen molar-refractivity contribution < 1.29 is 4.42 Å². The molecule has 362 valence electrons. The molecule has 0 amide bonds. The Labute approximate surface area is 448 Å². The lowest BCUT2D eigenvalue weighted by atomic mass is 10.1. The van der Waals surface area contributed by atoms with Gasteiger partial charge in [-0.15, -0.1) is 0 Å². The molecule has 0 aliphatic rings. The summed E-state index contributed by atoms with van der Waals surface area (Å²) in [5.41, 5.74) is 8.80. The first-order valence-electron chi connectivity index (χ1n) is 26.6. The number of benzene rings is 12. The van der Waals surface area contributed by atoms with Gasteiger partial charge in [0, 0.05) is 43.7 Å². The van der Waals surface area contributed by atoms with Crippen LogP contribution in [0.2, 0.25) is 0 Å². The summed E-state index contributed by atoms with van der Waals surface area (Å²) < 4.78 is 12.0. The molecular formula is C72H50N2OSi2. The monoisotopic (exact) mass is 1010 g/mol. The number of aromatic nitrogens is 2. The van der Waals surface area contributed by atoms with E-state index >= 15 is 0 Å². The van der Waals surface area contributed by atoms with Crippen molar-refractivity contribution in [1.29, 1.82) is 0 Å². The fraction of sp³-hybridized carbons (Fsp3) is 0. The summed E-state index contributed by atoms with van der Waals surface area (Å²) >= 11 is 0. The van der Waals surface area contributed by atoms with Gasteiger partial charge in [-0.3, -0.25) is 0 Å². The van der Waals surface area contributed by atoms with E-state index in [0.29, 0.717) is 0 Å². The third-order valence-corrected chi connectivity index (χ3v) is 26.0. The highest BCUT2D eigenvalue weighted by molar-refractivity contribution is 7.22. The minimum Gasteiger partial charge on any atom is -0.456 e. The second-order valence-electron chi connectivity index (χ2n) is 20.3. The van der Waals surface area contributed by atoms with Crippen LogP contribution in [-0.2, 0) is 0 Å². The maximum absolute atomic E-state index is 7.05. The number of hydrogen-bond donors (Lipinski definition) is 0.